The minimum absolute atomic E-state index is 0.604. The topological polar surface area (TPSA) is 57.2 Å². The third-order valence-electron chi connectivity index (χ3n) is 2.66. The van der Waals surface area contributed by atoms with Gasteiger partial charge in [-0.25, -0.2) is 8.42 Å². The van der Waals surface area contributed by atoms with Crippen molar-refractivity contribution in [2.24, 2.45) is 0 Å². The van der Waals surface area contributed by atoms with E-state index in [9.17, 15) is 0 Å². The van der Waals surface area contributed by atoms with E-state index in [0.29, 0.717) is 6.26 Å². The number of piperidine rings is 1. The molecule has 0 aliphatic carbocycles. The van der Waals surface area contributed by atoms with Crippen LogP contribution in [-0.4, -0.2) is 50.4 Å². The van der Waals surface area contributed by atoms with Gasteiger partial charge in [-0.1, -0.05) is 6.92 Å². The lowest BCUT2D eigenvalue weighted by Gasteiger charge is -2.37. The van der Waals surface area contributed by atoms with Crippen LogP contribution in [0.1, 0.15) is 32.6 Å². The smallest absolute Gasteiger partial charge is 0.0916 e. The molecule has 92 valence electrons. The Bertz CT molecular complexity index is 242. The number of likely N-dealkylation sites (tertiary alicyclic amines) is 1. The van der Waals surface area contributed by atoms with Gasteiger partial charge < -0.3 is 9.04 Å². The molecule has 1 fully saturated rings. The lowest BCUT2D eigenvalue weighted by Crippen LogP contribution is -2.48. The number of quaternary nitrogens is 1. The molecule has 0 amide bonds. The molecule has 0 radical (unpaired) electrons. The van der Waals surface area contributed by atoms with Crippen LogP contribution < -0.4 is 0 Å². The highest BCUT2D eigenvalue weighted by Gasteiger charge is 2.22. The van der Waals surface area contributed by atoms with Crippen molar-refractivity contribution >= 4 is 10.1 Å². The van der Waals surface area contributed by atoms with E-state index in [0.717, 1.165) is 0 Å². The molecule has 1 aliphatic rings. The van der Waals surface area contributed by atoms with E-state index in [1.54, 1.807) is 0 Å². The fraction of sp³-hybridized carbons (Fsp3) is 1.00. The molecule has 0 aromatic rings. The third-order valence-corrected chi connectivity index (χ3v) is 2.66. The summed E-state index contributed by atoms with van der Waals surface area (Å²) in [6.45, 7) is 6.53. The zero-order chi connectivity index (χ0) is 11.9. The molecule has 0 atom stereocenters. The molecule has 0 saturated carbocycles. The average Bonchev–Trinajstić information content (AvgIpc) is 2.02. The SMILES string of the molecule is CCC[N+]1(C)CCCCC1.CS(=O)(=O)[O-]. The first-order valence-electron chi connectivity index (χ1n) is 5.51. The van der Waals surface area contributed by atoms with Crippen LogP contribution >= 0.6 is 0 Å². The minimum Gasteiger partial charge on any atom is -0.748 e. The standard InChI is InChI=1S/C9H20N.CH4O3S/c1-3-7-10(2)8-5-4-6-9-10;1-5(2,3)4/h3-9H2,1-2H3;1H3,(H,2,3,4)/q+1;/p-1. The van der Waals surface area contributed by atoms with Gasteiger partial charge >= 0.3 is 0 Å². The highest BCUT2D eigenvalue weighted by molar-refractivity contribution is 7.84. The highest BCUT2D eigenvalue weighted by Crippen LogP contribution is 2.15. The van der Waals surface area contributed by atoms with E-state index in [2.05, 4.69) is 14.0 Å². The van der Waals surface area contributed by atoms with E-state index in [1.165, 1.54) is 49.8 Å². The Morgan fingerprint density at radius 2 is 1.60 bits per heavy atom. The zero-order valence-electron chi connectivity index (χ0n) is 10.0. The van der Waals surface area contributed by atoms with Gasteiger partial charge in [0.2, 0.25) is 0 Å². The quantitative estimate of drug-likeness (QED) is 0.535. The molecule has 1 aliphatic heterocycles. The summed E-state index contributed by atoms with van der Waals surface area (Å²) in [5, 5.41) is 0. The second kappa shape index (κ2) is 6.45. The average molecular weight is 237 g/mol. The van der Waals surface area contributed by atoms with Gasteiger partial charge in [0.05, 0.1) is 36.8 Å². The van der Waals surface area contributed by atoms with Crippen LogP contribution in [-0.2, 0) is 10.1 Å². The Balaban J connectivity index is 0.000000336. The number of hydrogen-bond acceptors (Lipinski definition) is 3. The maximum atomic E-state index is 9.08. The van der Waals surface area contributed by atoms with Crippen molar-refractivity contribution in [1.82, 2.24) is 0 Å². The Labute approximate surface area is 93.6 Å². The molecule has 1 heterocycles. The summed E-state index contributed by atoms with van der Waals surface area (Å²) in [7, 11) is -1.51. The lowest BCUT2D eigenvalue weighted by molar-refractivity contribution is -0.914. The molecule has 0 aromatic heterocycles. The molecule has 4 nitrogen and oxygen atoms in total. The molecular weight excluding hydrogens is 214 g/mol. The summed E-state index contributed by atoms with van der Waals surface area (Å²) in [6, 6.07) is 0. The summed E-state index contributed by atoms with van der Waals surface area (Å²) in [5.74, 6) is 0. The number of nitrogens with zero attached hydrogens (tertiary/aromatic N) is 1. The molecule has 0 aromatic carbocycles. The van der Waals surface area contributed by atoms with Crippen LogP contribution in [0.3, 0.4) is 0 Å². The summed E-state index contributed by atoms with van der Waals surface area (Å²) >= 11 is 0. The Hall–Kier alpha value is -0.130. The Kier molecular flexibility index (Phi) is 6.40. The molecule has 0 N–H and O–H groups in total. The van der Waals surface area contributed by atoms with Gasteiger partial charge in [0.1, 0.15) is 0 Å². The van der Waals surface area contributed by atoms with Crippen LogP contribution in [0.25, 0.3) is 0 Å². The third kappa shape index (κ3) is 10.2. The van der Waals surface area contributed by atoms with Crippen LogP contribution in [0.4, 0.5) is 0 Å². The van der Waals surface area contributed by atoms with Crippen LogP contribution in [0.15, 0.2) is 0 Å². The van der Waals surface area contributed by atoms with Crippen LogP contribution in [0.2, 0.25) is 0 Å². The fourth-order valence-corrected chi connectivity index (χ4v) is 2.04. The first-order chi connectivity index (χ1) is 6.77. The van der Waals surface area contributed by atoms with Crippen molar-refractivity contribution in [3.05, 3.63) is 0 Å². The van der Waals surface area contributed by atoms with E-state index in [1.807, 2.05) is 0 Å². The molecule has 0 unspecified atom stereocenters. The van der Waals surface area contributed by atoms with Gasteiger partial charge in [-0.05, 0) is 25.7 Å². The van der Waals surface area contributed by atoms with E-state index < -0.39 is 10.1 Å². The largest absolute Gasteiger partial charge is 0.748 e. The van der Waals surface area contributed by atoms with Gasteiger partial charge in [0.15, 0.2) is 0 Å². The monoisotopic (exact) mass is 237 g/mol. The van der Waals surface area contributed by atoms with Gasteiger partial charge in [-0.3, -0.25) is 0 Å². The lowest BCUT2D eigenvalue weighted by atomic mass is 10.1. The molecule has 15 heavy (non-hydrogen) atoms. The highest BCUT2D eigenvalue weighted by atomic mass is 32.2. The maximum Gasteiger partial charge on any atom is 0.0916 e. The fourth-order valence-electron chi connectivity index (χ4n) is 2.04. The molecule has 5 heteroatoms. The molecule has 1 rings (SSSR count). The van der Waals surface area contributed by atoms with Crippen LogP contribution in [0, 0.1) is 0 Å². The summed E-state index contributed by atoms with van der Waals surface area (Å²) < 4.78 is 28.6. The van der Waals surface area contributed by atoms with E-state index in [4.69, 9.17) is 13.0 Å². The number of hydrogen-bond donors (Lipinski definition) is 0. The summed E-state index contributed by atoms with van der Waals surface area (Å²) in [5.41, 5.74) is 0. The normalized spacial score (nSPS) is 20.3. The predicted octanol–water partition coefficient (Wildman–Crippen LogP) is 1.19. The first-order valence-corrected chi connectivity index (χ1v) is 7.33. The van der Waals surface area contributed by atoms with Gasteiger partial charge in [0.25, 0.3) is 0 Å². The van der Waals surface area contributed by atoms with Crippen molar-refractivity contribution in [3.8, 4) is 0 Å². The van der Waals surface area contributed by atoms with Gasteiger partial charge in [0, 0.05) is 6.26 Å². The predicted molar refractivity (Wildman–Crippen MR) is 60.5 cm³/mol. The Morgan fingerprint density at radius 1 is 1.20 bits per heavy atom. The van der Waals surface area contributed by atoms with Crippen molar-refractivity contribution < 1.29 is 17.5 Å². The molecular formula is C10H23NO3S. The summed E-state index contributed by atoms with van der Waals surface area (Å²) in [4.78, 5) is 0. The molecule has 0 spiro atoms. The number of rotatable bonds is 2. The maximum absolute atomic E-state index is 9.08. The van der Waals surface area contributed by atoms with E-state index >= 15 is 0 Å². The minimum atomic E-state index is -3.92. The van der Waals surface area contributed by atoms with Gasteiger partial charge in [-0.15, -0.1) is 0 Å². The molecule has 0 bridgehead atoms. The van der Waals surface area contributed by atoms with E-state index in [-0.39, 0.29) is 0 Å². The van der Waals surface area contributed by atoms with Crippen LogP contribution in [0.5, 0.6) is 0 Å². The Morgan fingerprint density at radius 3 is 1.93 bits per heavy atom. The van der Waals surface area contributed by atoms with Crippen molar-refractivity contribution in [2.45, 2.75) is 32.6 Å². The molecule has 1 saturated heterocycles. The second-order valence-electron chi connectivity index (χ2n) is 4.56. The van der Waals surface area contributed by atoms with Crippen molar-refractivity contribution in [3.63, 3.8) is 0 Å². The van der Waals surface area contributed by atoms with Crippen molar-refractivity contribution in [1.29, 1.82) is 0 Å². The first kappa shape index (κ1) is 14.9. The van der Waals surface area contributed by atoms with Crippen molar-refractivity contribution in [2.75, 3.05) is 32.9 Å². The van der Waals surface area contributed by atoms with Gasteiger partial charge in [-0.2, -0.15) is 0 Å². The zero-order valence-corrected chi connectivity index (χ0v) is 10.8. The second-order valence-corrected chi connectivity index (χ2v) is 5.96. The summed E-state index contributed by atoms with van der Waals surface area (Å²) in [6.07, 6.45) is 6.33.